The molecule has 1 aliphatic rings. The molecule has 1 amide bonds. The second kappa shape index (κ2) is 7.53. The molecular weight excluding hydrogens is 367 g/mol. The van der Waals surface area contributed by atoms with Crippen molar-refractivity contribution < 1.29 is 18.0 Å². The number of benzene rings is 1. The van der Waals surface area contributed by atoms with Crippen molar-refractivity contribution in [3.63, 3.8) is 0 Å². The van der Waals surface area contributed by atoms with Gasteiger partial charge in [-0.2, -0.15) is 13.2 Å². The van der Waals surface area contributed by atoms with Gasteiger partial charge in [-0.3, -0.25) is 9.78 Å². The van der Waals surface area contributed by atoms with E-state index in [0.29, 0.717) is 0 Å². The number of nitrogens with zero attached hydrogens (tertiary/aromatic N) is 2. The minimum absolute atomic E-state index is 0.0338. The average Bonchev–Trinajstić information content (AvgIpc) is 2.63. The Morgan fingerprint density at radius 1 is 1.12 bits per heavy atom. The van der Waals surface area contributed by atoms with Crippen LogP contribution in [-0.4, -0.2) is 24.0 Å². The van der Waals surface area contributed by atoms with Crippen LogP contribution in [0.3, 0.4) is 0 Å². The Morgan fingerprint density at radius 2 is 1.85 bits per heavy atom. The van der Waals surface area contributed by atoms with Crippen LogP contribution in [0, 0.1) is 0 Å². The highest BCUT2D eigenvalue weighted by Gasteiger charge is 2.31. The summed E-state index contributed by atoms with van der Waals surface area (Å²) >= 11 is 5.92. The average molecular weight is 384 g/mol. The summed E-state index contributed by atoms with van der Waals surface area (Å²) in [6.07, 6.45) is 1.88. The monoisotopic (exact) mass is 383 g/mol. The number of carbonyl (C=O) groups is 1. The lowest BCUT2D eigenvalue weighted by Crippen LogP contribution is -2.29. The number of aromatic nitrogens is 1. The summed E-state index contributed by atoms with van der Waals surface area (Å²) in [5.74, 6) is -0.558. The van der Waals surface area contributed by atoms with Gasteiger partial charge < -0.3 is 10.2 Å². The highest BCUT2D eigenvalue weighted by molar-refractivity contribution is 6.34. The number of pyridine rings is 1. The fourth-order valence-electron chi connectivity index (χ4n) is 2.87. The maximum atomic E-state index is 12.8. The number of amides is 1. The summed E-state index contributed by atoms with van der Waals surface area (Å²) < 4.78 is 38.5. The van der Waals surface area contributed by atoms with Gasteiger partial charge >= 0.3 is 6.18 Å². The van der Waals surface area contributed by atoms with Crippen LogP contribution < -0.4 is 10.2 Å². The molecule has 4 nitrogen and oxygen atoms in total. The number of nitrogens with one attached hydrogen (secondary N) is 1. The zero-order valence-electron chi connectivity index (χ0n) is 13.8. The molecule has 1 N–H and O–H groups in total. The number of alkyl halides is 3. The third-order valence-corrected chi connectivity index (χ3v) is 4.58. The number of hydrogen-bond acceptors (Lipinski definition) is 3. The van der Waals surface area contributed by atoms with Crippen molar-refractivity contribution in [2.75, 3.05) is 23.3 Å². The molecular formula is C18H17ClF3N3O. The molecule has 0 spiro atoms. The number of halogens is 4. The standard InChI is InChI=1S/C18H17ClF3N3O/c19-15-5-4-13(18(20,21)22)9-16(15)24-17(26)12-8-14(11-23-10-12)25-6-2-1-3-7-25/h4-5,8-11H,1-3,6-7H2,(H,24,26). The largest absolute Gasteiger partial charge is 0.416 e. The van der Waals surface area contributed by atoms with Crippen molar-refractivity contribution in [1.29, 1.82) is 0 Å². The summed E-state index contributed by atoms with van der Waals surface area (Å²) in [5, 5.41) is 2.47. The fourth-order valence-corrected chi connectivity index (χ4v) is 3.03. The molecule has 26 heavy (non-hydrogen) atoms. The van der Waals surface area contributed by atoms with Gasteiger partial charge in [-0.05, 0) is 43.5 Å². The highest BCUT2D eigenvalue weighted by atomic mass is 35.5. The Morgan fingerprint density at radius 3 is 2.54 bits per heavy atom. The molecule has 1 aliphatic heterocycles. The molecule has 0 unspecified atom stereocenters. The van der Waals surface area contributed by atoms with Crippen LogP contribution in [0.2, 0.25) is 5.02 Å². The summed E-state index contributed by atoms with van der Waals surface area (Å²) in [6.45, 7) is 1.79. The third kappa shape index (κ3) is 4.27. The van der Waals surface area contributed by atoms with E-state index >= 15 is 0 Å². The first-order chi connectivity index (χ1) is 12.3. The number of rotatable bonds is 3. The van der Waals surface area contributed by atoms with Crippen molar-refractivity contribution in [1.82, 2.24) is 4.98 Å². The lowest BCUT2D eigenvalue weighted by atomic mass is 10.1. The van der Waals surface area contributed by atoms with E-state index < -0.39 is 17.6 Å². The molecule has 8 heteroatoms. The van der Waals surface area contributed by atoms with Crippen molar-refractivity contribution >= 4 is 28.9 Å². The Kier molecular flexibility index (Phi) is 5.36. The third-order valence-electron chi connectivity index (χ3n) is 4.25. The Bertz CT molecular complexity index is 805. The molecule has 2 heterocycles. The van der Waals surface area contributed by atoms with Crippen molar-refractivity contribution in [2.24, 2.45) is 0 Å². The van der Waals surface area contributed by atoms with Gasteiger partial charge in [-0.1, -0.05) is 11.6 Å². The van der Waals surface area contributed by atoms with Gasteiger partial charge in [-0.15, -0.1) is 0 Å². The Balaban J connectivity index is 1.80. The van der Waals surface area contributed by atoms with Crippen LogP contribution in [0.4, 0.5) is 24.5 Å². The first kappa shape index (κ1) is 18.5. The molecule has 1 aromatic carbocycles. The molecule has 0 radical (unpaired) electrons. The smallest absolute Gasteiger partial charge is 0.370 e. The van der Waals surface area contributed by atoms with Crippen molar-refractivity contribution in [3.8, 4) is 0 Å². The van der Waals surface area contributed by atoms with Gasteiger partial charge in [0.25, 0.3) is 5.91 Å². The molecule has 2 aromatic rings. The first-order valence-electron chi connectivity index (χ1n) is 8.23. The number of piperidine rings is 1. The van der Waals surface area contributed by atoms with E-state index in [4.69, 9.17) is 11.6 Å². The van der Waals surface area contributed by atoms with Gasteiger partial charge in [0, 0.05) is 19.3 Å². The zero-order valence-corrected chi connectivity index (χ0v) is 14.6. The summed E-state index contributed by atoms with van der Waals surface area (Å²) in [4.78, 5) is 18.7. The molecule has 3 rings (SSSR count). The molecule has 138 valence electrons. The Hall–Kier alpha value is -2.28. The molecule has 1 aromatic heterocycles. The normalized spacial score (nSPS) is 15.0. The summed E-state index contributed by atoms with van der Waals surface area (Å²) in [7, 11) is 0. The van der Waals surface area contributed by atoms with Gasteiger partial charge in [0.1, 0.15) is 0 Å². The predicted molar refractivity (Wildman–Crippen MR) is 94.7 cm³/mol. The fraction of sp³-hybridized carbons (Fsp3) is 0.333. The van der Waals surface area contributed by atoms with Crippen LogP contribution in [0.15, 0.2) is 36.7 Å². The van der Waals surface area contributed by atoms with Gasteiger partial charge in [0.15, 0.2) is 0 Å². The molecule has 0 saturated carbocycles. The molecule has 0 aliphatic carbocycles. The van der Waals surface area contributed by atoms with E-state index in [9.17, 15) is 18.0 Å². The first-order valence-corrected chi connectivity index (χ1v) is 8.60. The number of anilines is 2. The van der Waals surface area contributed by atoms with Gasteiger partial charge in [0.2, 0.25) is 0 Å². The van der Waals surface area contributed by atoms with E-state index in [1.54, 1.807) is 12.3 Å². The predicted octanol–water partition coefficient (Wildman–Crippen LogP) is 5.00. The summed E-state index contributed by atoms with van der Waals surface area (Å²) in [6, 6.07) is 4.50. The lowest BCUT2D eigenvalue weighted by molar-refractivity contribution is -0.137. The van der Waals surface area contributed by atoms with E-state index in [1.165, 1.54) is 12.6 Å². The Labute approximate surface area is 154 Å². The summed E-state index contributed by atoms with van der Waals surface area (Å²) in [5.41, 5.74) is 0.126. The maximum absolute atomic E-state index is 12.8. The van der Waals surface area contributed by atoms with E-state index in [2.05, 4.69) is 15.2 Å². The quantitative estimate of drug-likeness (QED) is 0.811. The van der Waals surface area contributed by atoms with E-state index in [0.717, 1.165) is 49.8 Å². The van der Waals surface area contributed by atoms with Crippen LogP contribution >= 0.6 is 11.6 Å². The maximum Gasteiger partial charge on any atom is 0.416 e. The molecule has 0 bridgehead atoms. The van der Waals surface area contributed by atoms with Gasteiger partial charge in [-0.25, -0.2) is 0 Å². The zero-order chi connectivity index (χ0) is 18.7. The SMILES string of the molecule is O=C(Nc1cc(C(F)(F)F)ccc1Cl)c1cncc(N2CCCCC2)c1. The van der Waals surface area contributed by atoms with Crippen LogP contribution in [-0.2, 0) is 6.18 Å². The van der Waals surface area contributed by atoms with Gasteiger partial charge in [0.05, 0.1) is 33.7 Å². The van der Waals surface area contributed by atoms with Crippen molar-refractivity contribution in [3.05, 3.63) is 52.8 Å². The number of carbonyl (C=O) groups excluding carboxylic acids is 1. The van der Waals surface area contributed by atoms with Crippen LogP contribution in [0.5, 0.6) is 0 Å². The van der Waals surface area contributed by atoms with E-state index in [-0.39, 0.29) is 16.3 Å². The highest BCUT2D eigenvalue weighted by Crippen LogP contribution is 2.34. The molecule has 0 atom stereocenters. The van der Waals surface area contributed by atoms with Crippen molar-refractivity contribution in [2.45, 2.75) is 25.4 Å². The second-order valence-electron chi connectivity index (χ2n) is 6.13. The topological polar surface area (TPSA) is 45.2 Å². The second-order valence-corrected chi connectivity index (χ2v) is 6.53. The molecule has 1 saturated heterocycles. The number of hydrogen-bond donors (Lipinski definition) is 1. The van der Waals surface area contributed by atoms with Crippen LogP contribution in [0.25, 0.3) is 0 Å². The van der Waals surface area contributed by atoms with E-state index in [1.807, 2.05) is 0 Å². The minimum atomic E-state index is -4.51. The minimum Gasteiger partial charge on any atom is -0.370 e. The molecule has 1 fully saturated rings. The van der Waals surface area contributed by atoms with Crippen LogP contribution in [0.1, 0.15) is 35.2 Å². The lowest BCUT2D eigenvalue weighted by Gasteiger charge is -2.28.